The minimum atomic E-state index is -1.09. The molecule has 1 saturated carbocycles. The maximum absolute atomic E-state index is 12.2. The fourth-order valence-electron chi connectivity index (χ4n) is 3.07. The van der Waals surface area contributed by atoms with Crippen LogP contribution in [0.3, 0.4) is 0 Å². The maximum Gasteiger partial charge on any atom is 0.311 e. The van der Waals surface area contributed by atoms with Crippen molar-refractivity contribution in [2.45, 2.75) is 18.9 Å². The monoisotopic (exact) mass is 279 g/mol. The van der Waals surface area contributed by atoms with Crippen molar-refractivity contribution < 1.29 is 24.2 Å². The average Bonchev–Trinajstić information content (AvgIpc) is 2.97. The average molecular weight is 279 g/mol. The highest BCUT2D eigenvalue weighted by Gasteiger charge is 2.52. The molecule has 2 aliphatic carbocycles. The lowest BCUT2D eigenvalue weighted by molar-refractivity contribution is -0.164. The van der Waals surface area contributed by atoms with E-state index in [0.29, 0.717) is 6.42 Å². The van der Waals surface area contributed by atoms with Gasteiger partial charge in [-0.25, -0.2) is 0 Å². The zero-order chi connectivity index (χ0) is 14.9. The first-order valence-corrected chi connectivity index (χ1v) is 6.47. The number of allylic oxidation sites excluding steroid dienone is 2. The van der Waals surface area contributed by atoms with E-state index in [4.69, 9.17) is 10.5 Å². The highest BCUT2D eigenvalue weighted by Crippen LogP contribution is 2.48. The maximum atomic E-state index is 12.2. The molecule has 0 aromatic carbocycles. The van der Waals surface area contributed by atoms with Crippen LogP contribution in [0.15, 0.2) is 24.8 Å². The van der Waals surface area contributed by atoms with Gasteiger partial charge < -0.3 is 15.6 Å². The molecule has 2 bridgehead atoms. The first kappa shape index (κ1) is 14.3. The van der Waals surface area contributed by atoms with Gasteiger partial charge in [-0.05, 0) is 18.3 Å². The number of carboxylic acid groups (broad SMARTS) is 1. The van der Waals surface area contributed by atoms with E-state index in [0.717, 1.165) is 0 Å². The number of hydrogen-bond acceptors (Lipinski definition) is 4. The predicted molar refractivity (Wildman–Crippen MR) is 69.2 cm³/mol. The van der Waals surface area contributed by atoms with E-state index in [1.165, 1.54) is 6.08 Å². The quantitative estimate of drug-likeness (QED) is 0.543. The second-order valence-corrected chi connectivity index (χ2v) is 5.19. The van der Waals surface area contributed by atoms with Gasteiger partial charge in [0.1, 0.15) is 0 Å². The van der Waals surface area contributed by atoms with Crippen molar-refractivity contribution in [1.82, 2.24) is 0 Å². The highest BCUT2D eigenvalue weighted by atomic mass is 16.5. The number of aliphatic carboxylic acids is 1. The van der Waals surface area contributed by atoms with Gasteiger partial charge in [0.25, 0.3) is 5.91 Å². The first-order chi connectivity index (χ1) is 9.45. The van der Waals surface area contributed by atoms with E-state index in [-0.39, 0.29) is 18.3 Å². The molecule has 0 saturated heterocycles. The van der Waals surface area contributed by atoms with Gasteiger partial charge >= 0.3 is 11.9 Å². The number of nitrogens with two attached hydrogens (primary N) is 1. The smallest absolute Gasteiger partial charge is 0.311 e. The predicted octanol–water partition coefficient (Wildman–Crippen LogP) is 0.482. The minimum Gasteiger partial charge on any atom is -0.481 e. The number of fused-ring (bicyclic) bond motifs is 2. The van der Waals surface area contributed by atoms with Crippen molar-refractivity contribution in [3.8, 4) is 0 Å². The third kappa shape index (κ3) is 2.45. The zero-order valence-corrected chi connectivity index (χ0v) is 10.9. The Kier molecular flexibility index (Phi) is 3.92. The van der Waals surface area contributed by atoms with Crippen LogP contribution in [0.25, 0.3) is 0 Å². The lowest BCUT2D eigenvalue weighted by Crippen LogP contribution is -2.39. The van der Waals surface area contributed by atoms with Crippen LogP contribution in [-0.2, 0) is 19.1 Å². The third-order valence-corrected chi connectivity index (χ3v) is 3.97. The summed E-state index contributed by atoms with van der Waals surface area (Å²) in [6, 6.07) is 0. The molecule has 6 heteroatoms. The summed E-state index contributed by atoms with van der Waals surface area (Å²) in [6.45, 7) is 3.46. The molecule has 0 heterocycles. The molecule has 3 N–H and O–H groups in total. The largest absolute Gasteiger partial charge is 0.481 e. The summed E-state index contributed by atoms with van der Waals surface area (Å²) in [4.78, 5) is 34.7. The van der Waals surface area contributed by atoms with Crippen LogP contribution >= 0.6 is 0 Å². The van der Waals surface area contributed by atoms with Crippen LogP contribution < -0.4 is 5.73 Å². The van der Waals surface area contributed by atoms with Crippen LogP contribution in [0.5, 0.6) is 0 Å². The Hall–Kier alpha value is -2.11. The van der Waals surface area contributed by atoms with Crippen molar-refractivity contribution >= 4 is 17.8 Å². The van der Waals surface area contributed by atoms with Gasteiger partial charge in [-0.3, -0.25) is 14.4 Å². The topological polar surface area (TPSA) is 107 Å². The van der Waals surface area contributed by atoms with Crippen LogP contribution in [0, 0.1) is 23.7 Å². The summed E-state index contributed by atoms with van der Waals surface area (Å²) in [5.74, 6) is -4.23. The molecule has 1 fully saturated rings. The summed E-state index contributed by atoms with van der Waals surface area (Å²) < 4.78 is 5.09. The van der Waals surface area contributed by atoms with E-state index in [2.05, 4.69) is 6.58 Å². The molecule has 0 aromatic heterocycles. The van der Waals surface area contributed by atoms with E-state index in [1.807, 2.05) is 12.2 Å². The molecule has 0 radical (unpaired) electrons. The number of carbonyl (C=O) groups excluding carboxylic acids is 2. The van der Waals surface area contributed by atoms with Crippen molar-refractivity contribution in [1.29, 1.82) is 0 Å². The normalized spacial score (nSPS) is 31.8. The molecule has 0 spiro atoms. The Balaban J connectivity index is 2.12. The molecular weight excluding hydrogens is 262 g/mol. The number of hydrogen-bond donors (Lipinski definition) is 2. The Bertz CT molecular complexity index is 484. The van der Waals surface area contributed by atoms with E-state index in [9.17, 15) is 19.5 Å². The molecule has 108 valence electrons. The Labute approximate surface area is 116 Å². The standard InChI is InChI=1S/C14H17NO5/c1-2-3-9(12(15)16)20-14(19)11-8-5-4-7(6-8)10(11)13(17)18/h2,4-5,7-11H,1,3,6H2,(H2,15,16)(H,17,18). The Morgan fingerprint density at radius 3 is 2.45 bits per heavy atom. The molecule has 0 aromatic rings. The number of primary amides is 1. The molecule has 20 heavy (non-hydrogen) atoms. The van der Waals surface area contributed by atoms with Gasteiger partial charge in [0.2, 0.25) is 0 Å². The number of rotatable bonds is 6. The number of carboxylic acids is 1. The molecule has 5 unspecified atom stereocenters. The third-order valence-electron chi connectivity index (χ3n) is 3.97. The second-order valence-electron chi connectivity index (χ2n) is 5.19. The van der Waals surface area contributed by atoms with Crippen LogP contribution in [-0.4, -0.2) is 29.1 Å². The number of esters is 1. The molecular formula is C14H17NO5. The first-order valence-electron chi connectivity index (χ1n) is 6.47. The molecule has 2 aliphatic rings. The summed E-state index contributed by atoms with van der Waals surface area (Å²) >= 11 is 0. The van der Waals surface area contributed by atoms with Gasteiger partial charge in [-0.1, -0.05) is 18.2 Å². The molecule has 0 aliphatic heterocycles. The van der Waals surface area contributed by atoms with E-state index in [1.54, 1.807) is 0 Å². The van der Waals surface area contributed by atoms with Crippen molar-refractivity contribution in [3.05, 3.63) is 24.8 Å². The van der Waals surface area contributed by atoms with Crippen LogP contribution in [0.2, 0.25) is 0 Å². The molecule has 5 atom stereocenters. The Morgan fingerprint density at radius 1 is 1.35 bits per heavy atom. The number of amides is 1. The lowest BCUT2D eigenvalue weighted by Gasteiger charge is -2.24. The summed E-state index contributed by atoms with van der Waals surface area (Å²) in [6.07, 6.45) is 4.79. The van der Waals surface area contributed by atoms with Crippen molar-refractivity contribution in [2.24, 2.45) is 29.4 Å². The SMILES string of the molecule is C=CCC(OC(=O)C1C2C=CC(C2)C1C(=O)O)C(N)=O. The van der Waals surface area contributed by atoms with Gasteiger partial charge in [0.15, 0.2) is 6.10 Å². The number of ether oxygens (including phenoxy) is 1. The van der Waals surface area contributed by atoms with E-state index >= 15 is 0 Å². The summed E-state index contributed by atoms with van der Waals surface area (Å²) in [7, 11) is 0. The Morgan fingerprint density at radius 2 is 1.95 bits per heavy atom. The van der Waals surface area contributed by atoms with Gasteiger partial charge in [-0.15, -0.1) is 6.58 Å². The second kappa shape index (κ2) is 5.48. The van der Waals surface area contributed by atoms with Crippen LogP contribution in [0.4, 0.5) is 0 Å². The van der Waals surface area contributed by atoms with Gasteiger partial charge in [0, 0.05) is 6.42 Å². The lowest BCUT2D eigenvalue weighted by atomic mass is 9.83. The summed E-state index contributed by atoms with van der Waals surface area (Å²) in [5.41, 5.74) is 5.15. The highest BCUT2D eigenvalue weighted by molar-refractivity contribution is 5.86. The van der Waals surface area contributed by atoms with E-state index < -0.39 is 35.8 Å². The van der Waals surface area contributed by atoms with Gasteiger partial charge in [-0.2, -0.15) is 0 Å². The summed E-state index contributed by atoms with van der Waals surface area (Å²) in [5, 5.41) is 9.25. The molecule has 6 nitrogen and oxygen atoms in total. The van der Waals surface area contributed by atoms with Crippen molar-refractivity contribution in [2.75, 3.05) is 0 Å². The van der Waals surface area contributed by atoms with Gasteiger partial charge in [0.05, 0.1) is 11.8 Å². The zero-order valence-electron chi connectivity index (χ0n) is 10.9. The van der Waals surface area contributed by atoms with Crippen LogP contribution in [0.1, 0.15) is 12.8 Å². The fourth-order valence-corrected chi connectivity index (χ4v) is 3.07. The molecule has 2 rings (SSSR count). The van der Waals surface area contributed by atoms with Crippen molar-refractivity contribution in [3.63, 3.8) is 0 Å². The minimum absolute atomic E-state index is 0.121. The fraction of sp³-hybridized carbons (Fsp3) is 0.500. The number of carbonyl (C=O) groups is 3. The molecule has 1 amide bonds.